The molecule has 154 valence electrons. The van der Waals surface area contributed by atoms with Crippen LogP contribution in [0.15, 0.2) is 42.9 Å². The van der Waals surface area contributed by atoms with E-state index in [2.05, 4.69) is 25.4 Å². The quantitative estimate of drug-likeness (QED) is 0.497. The molecule has 7 nitrogen and oxygen atoms in total. The first-order chi connectivity index (χ1) is 14.2. The third-order valence-corrected chi connectivity index (χ3v) is 4.83. The minimum atomic E-state index is -4.45. The molecular formula is C19H14ClF3N6O. The summed E-state index contributed by atoms with van der Waals surface area (Å²) in [7, 11) is 0. The average molecular weight is 435 g/mol. The van der Waals surface area contributed by atoms with Crippen LogP contribution in [0.3, 0.4) is 0 Å². The van der Waals surface area contributed by atoms with E-state index in [9.17, 15) is 18.0 Å². The van der Waals surface area contributed by atoms with E-state index in [1.807, 2.05) is 0 Å². The highest BCUT2D eigenvalue weighted by molar-refractivity contribution is 6.39. The van der Waals surface area contributed by atoms with E-state index in [1.54, 1.807) is 24.0 Å². The van der Waals surface area contributed by atoms with Crippen LogP contribution in [-0.2, 0) is 12.7 Å². The fourth-order valence-electron chi connectivity index (χ4n) is 3.01. The number of hydrogen-bond donors (Lipinski definition) is 2. The number of anilines is 1. The topological polar surface area (TPSA) is 88.5 Å². The molecule has 0 aliphatic rings. The summed E-state index contributed by atoms with van der Waals surface area (Å²) in [5.41, 5.74) is 0.554. The molecule has 0 fully saturated rings. The number of hydrogen-bond acceptors (Lipinski definition) is 4. The summed E-state index contributed by atoms with van der Waals surface area (Å²) in [6, 6.07) is 4.13. The highest BCUT2D eigenvalue weighted by Gasteiger charge is 2.30. The van der Waals surface area contributed by atoms with Gasteiger partial charge in [0.2, 0.25) is 0 Å². The maximum Gasteiger partial charge on any atom is 0.416 e. The van der Waals surface area contributed by atoms with Gasteiger partial charge in [0.15, 0.2) is 5.65 Å². The molecule has 3 heterocycles. The van der Waals surface area contributed by atoms with Crippen molar-refractivity contribution < 1.29 is 18.0 Å². The van der Waals surface area contributed by atoms with Crippen molar-refractivity contribution in [2.24, 2.45) is 0 Å². The molecule has 4 aromatic rings. The molecule has 2 N–H and O–H groups in total. The molecule has 11 heteroatoms. The molecule has 0 aliphatic heterocycles. The Kier molecular flexibility index (Phi) is 4.94. The molecule has 0 saturated heterocycles. The Labute approximate surface area is 172 Å². The number of nitrogens with one attached hydrogen (secondary N) is 2. The minimum Gasteiger partial charge on any atom is -0.347 e. The fraction of sp³-hybridized carbons (Fsp3) is 0.158. The molecule has 0 saturated carbocycles. The van der Waals surface area contributed by atoms with Crippen LogP contribution in [0, 0.1) is 6.92 Å². The van der Waals surface area contributed by atoms with Gasteiger partial charge in [-0.15, -0.1) is 0 Å². The van der Waals surface area contributed by atoms with Gasteiger partial charge in [-0.2, -0.15) is 18.3 Å². The van der Waals surface area contributed by atoms with Crippen molar-refractivity contribution in [1.82, 2.24) is 24.7 Å². The van der Waals surface area contributed by atoms with E-state index in [4.69, 9.17) is 11.6 Å². The summed E-state index contributed by atoms with van der Waals surface area (Å²) in [6.45, 7) is 2.09. The van der Waals surface area contributed by atoms with Gasteiger partial charge in [-0.3, -0.25) is 4.79 Å². The number of pyridine rings is 1. The number of aryl methyl sites for hydroxylation is 1. The van der Waals surface area contributed by atoms with Gasteiger partial charge in [-0.05, 0) is 31.2 Å². The third-order valence-electron chi connectivity index (χ3n) is 4.44. The Morgan fingerprint density at radius 1 is 1.23 bits per heavy atom. The van der Waals surface area contributed by atoms with Crippen LogP contribution in [-0.4, -0.2) is 30.6 Å². The number of fused-ring (bicyclic) bond motifs is 1. The lowest BCUT2D eigenvalue weighted by Gasteiger charge is -2.10. The largest absolute Gasteiger partial charge is 0.416 e. The van der Waals surface area contributed by atoms with Crippen molar-refractivity contribution in [2.45, 2.75) is 19.6 Å². The van der Waals surface area contributed by atoms with Gasteiger partial charge in [0, 0.05) is 24.3 Å². The van der Waals surface area contributed by atoms with Crippen molar-refractivity contribution in [1.29, 1.82) is 0 Å². The molecule has 1 amide bonds. The molecular weight excluding hydrogens is 421 g/mol. The zero-order valence-corrected chi connectivity index (χ0v) is 16.2. The van der Waals surface area contributed by atoms with E-state index in [0.29, 0.717) is 29.1 Å². The Morgan fingerprint density at radius 3 is 2.60 bits per heavy atom. The van der Waals surface area contributed by atoms with Gasteiger partial charge < -0.3 is 10.3 Å². The first-order valence-electron chi connectivity index (χ1n) is 8.72. The van der Waals surface area contributed by atoms with Crippen LogP contribution < -0.4 is 5.32 Å². The maximum atomic E-state index is 12.7. The number of halogens is 4. The predicted molar refractivity (Wildman–Crippen MR) is 104 cm³/mol. The minimum absolute atomic E-state index is 0.0877. The average Bonchev–Trinajstić information content (AvgIpc) is 3.30. The second-order valence-corrected chi connectivity index (χ2v) is 6.87. The van der Waals surface area contributed by atoms with Crippen molar-refractivity contribution in [3.05, 3.63) is 70.5 Å². The van der Waals surface area contributed by atoms with Crippen LogP contribution in [0.25, 0.3) is 11.0 Å². The van der Waals surface area contributed by atoms with E-state index in [-0.39, 0.29) is 16.3 Å². The lowest BCUT2D eigenvalue weighted by atomic mass is 10.1. The molecule has 30 heavy (non-hydrogen) atoms. The number of aromatic amines is 1. The summed E-state index contributed by atoms with van der Waals surface area (Å²) in [4.78, 5) is 24.1. The molecule has 4 rings (SSSR count). The summed E-state index contributed by atoms with van der Waals surface area (Å²) in [5, 5.41) is 7.62. The molecule has 0 unspecified atom stereocenters. The number of H-pyrrole nitrogens is 1. The number of imidazole rings is 1. The Morgan fingerprint density at radius 2 is 1.97 bits per heavy atom. The first-order valence-corrected chi connectivity index (χ1v) is 9.10. The summed E-state index contributed by atoms with van der Waals surface area (Å²) < 4.78 is 39.7. The second kappa shape index (κ2) is 7.45. The number of alkyl halides is 3. The van der Waals surface area contributed by atoms with Crippen molar-refractivity contribution in [3.8, 4) is 0 Å². The van der Waals surface area contributed by atoms with E-state index in [1.165, 1.54) is 18.3 Å². The smallest absolute Gasteiger partial charge is 0.347 e. The zero-order chi connectivity index (χ0) is 21.5. The van der Waals surface area contributed by atoms with Gasteiger partial charge in [-0.1, -0.05) is 11.6 Å². The maximum absolute atomic E-state index is 12.7. The van der Waals surface area contributed by atoms with Gasteiger partial charge in [0.05, 0.1) is 27.2 Å². The van der Waals surface area contributed by atoms with Crippen molar-refractivity contribution in [2.75, 3.05) is 5.32 Å². The second-order valence-electron chi connectivity index (χ2n) is 6.49. The lowest BCUT2D eigenvalue weighted by molar-refractivity contribution is -0.137. The molecule has 0 radical (unpaired) electrons. The molecule has 1 aromatic carbocycles. The standard InChI is InChI=1S/C19H14ClF3N6O/c1-10-15-16(20)13(8-26-17(15)29(28-10)9-14-24-6-7-25-14)18(30)27-12-4-2-11(3-5-12)19(21,22)23/h2-8H,9H2,1H3,(H,24,25)(H,27,30). The normalized spacial score (nSPS) is 11.8. The van der Waals surface area contributed by atoms with E-state index < -0.39 is 17.6 Å². The van der Waals surface area contributed by atoms with Crippen molar-refractivity contribution >= 4 is 34.2 Å². The molecule has 0 aliphatic carbocycles. The van der Waals surface area contributed by atoms with E-state index >= 15 is 0 Å². The van der Waals surface area contributed by atoms with Gasteiger partial charge in [0.1, 0.15) is 12.4 Å². The number of aromatic nitrogens is 5. The van der Waals surface area contributed by atoms with Crippen LogP contribution in [0.4, 0.5) is 18.9 Å². The van der Waals surface area contributed by atoms with Crippen LogP contribution in [0.5, 0.6) is 0 Å². The summed E-state index contributed by atoms with van der Waals surface area (Å²) in [6.07, 6.45) is 0.175. The first kappa shape index (κ1) is 19.9. The molecule has 3 aromatic heterocycles. The van der Waals surface area contributed by atoms with Gasteiger partial charge >= 0.3 is 6.18 Å². The van der Waals surface area contributed by atoms with Crippen molar-refractivity contribution in [3.63, 3.8) is 0 Å². The van der Waals surface area contributed by atoms with Crippen LogP contribution in [0.1, 0.15) is 27.4 Å². The molecule has 0 spiro atoms. The van der Waals surface area contributed by atoms with Crippen LogP contribution in [0.2, 0.25) is 5.02 Å². The fourth-order valence-corrected chi connectivity index (χ4v) is 3.37. The summed E-state index contributed by atoms with van der Waals surface area (Å²) >= 11 is 6.46. The van der Waals surface area contributed by atoms with E-state index in [0.717, 1.165) is 12.1 Å². The predicted octanol–water partition coefficient (Wildman–Crippen LogP) is 4.44. The van der Waals surface area contributed by atoms with Crippen LogP contribution >= 0.6 is 11.6 Å². The monoisotopic (exact) mass is 434 g/mol. The number of benzene rings is 1. The highest BCUT2D eigenvalue weighted by atomic mass is 35.5. The van der Waals surface area contributed by atoms with Gasteiger partial charge in [0.25, 0.3) is 5.91 Å². The van der Waals surface area contributed by atoms with Gasteiger partial charge in [-0.25, -0.2) is 14.6 Å². The number of rotatable bonds is 4. The Bertz CT molecular complexity index is 1220. The summed E-state index contributed by atoms with van der Waals surface area (Å²) in [5.74, 6) is 0.0915. The molecule has 0 atom stereocenters. The Hall–Kier alpha value is -3.40. The highest BCUT2D eigenvalue weighted by Crippen LogP contribution is 2.31. The number of amides is 1. The lowest BCUT2D eigenvalue weighted by Crippen LogP contribution is -2.14. The zero-order valence-electron chi connectivity index (χ0n) is 15.5. The molecule has 0 bridgehead atoms. The number of carbonyl (C=O) groups is 1. The third kappa shape index (κ3) is 3.73. The number of nitrogens with zero attached hydrogens (tertiary/aromatic N) is 4. The SMILES string of the molecule is Cc1nn(Cc2ncc[nH]2)c2ncc(C(=O)Nc3ccc(C(F)(F)F)cc3)c(Cl)c12. The Balaban J connectivity index is 1.62. The number of carbonyl (C=O) groups excluding carboxylic acids is 1.